The Bertz CT molecular complexity index is 693. The number of halogens is 1. The van der Waals surface area contributed by atoms with Gasteiger partial charge in [0.25, 0.3) is 0 Å². The molecule has 0 aromatic heterocycles. The standard InChI is InChI=1S/C20H23ClO4/c21-19-11-17(7-5-15(19)6-8-20(22)23)25-13-16-12-24-10-9-18(16)14-3-1-2-4-14/h1,3,5,7,11,14H,2,4,6,8-10,12-13H2,(H,22,23). The molecule has 4 nitrogen and oxygen atoms in total. The van der Waals surface area contributed by atoms with E-state index in [1.807, 2.05) is 12.1 Å². The second-order valence-corrected chi connectivity index (χ2v) is 6.89. The Morgan fingerprint density at radius 3 is 3.00 bits per heavy atom. The molecule has 2 aliphatic rings. The van der Waals surface area contributed by atoms with E-state index in [4.69, 9.17) is 26.2 Å². The summed E-state index contributed by atoms with van der Waals surface area (Å²) in [5.74, 6) is 0.405. The van der Waals surface area contributed by atoms with E-state index in [2.05, 4.69) is 12.2 Å². The first-order chi connectivity index (χ1) is 12.1. The molecule has 134 valence electrons. The van der Waals surface area contributed by atoms with E-state index in [0.29, 0.717) is 36.3 Å². The fraction of sp³-hybridized carbons (Fsp3) is 0.450. The van der Waals surface area contributed by atoms with E-state index in [1.165, 1.54) is 17.6 Å². The van der Waals surface area contributed by atoms with Crippen molar-refractivity contribution in [3.05, 3.63) is 52.1 Å². The van der Waals surface area contributed by atoms with E-state index >= 15 is 0 Å². The van der Waals surface area contributed by atoms with Gasteiger partial charge in [0.05, 0.1) is 13.2 Å². The van der Waals surface area contributed by atoms with Crippen LogP contribution in [0, 0.1) is 5.92 Å². The minimum absolute atomic E-state index is 0.0718. The monoisotopic (exact) mass is 362 g/mol. The van der Waals surface area contributed by atoms with Crippen LogP contribution in [0.25, 0.3) is 0 Å². The third kappa shape index (κ3) is 4.86. The van der Waals surface area contributed by atoms with Crippen molar-refractivity contribution in [2.75, 3.05) is 19.8 Å². The van der Waals surface area contributed by atoms with Gasteiger partial charge in [-0.2, -0.15) is 0 Å². The summed E-state index contributed by atoms with van der Waals surface area (Å²) in [5, 5.41) is 9.32. The molecule has 1 aliphatic carbocycles. The summed E-state index contributed by atoms with van der Waals surface area (Å²) in [6.45, 7) is 1.92. The van der Waals surface area contributed by atoms with Crippen molar-refractivity contribution in [3.8, 4) is 5.75 Å². The lowest BCUT2D eigenvalue weighted by atomic mass is 9.90. The molecule has 1 unspecified atom stereocenters. The van der Waals surface area contributed by atoms with Gasteiger partial charge in [-0.05, 0) is 54.9 Å². The molecule has 0 fully saturated rings. The van der Waals surface area contributed by atoms with Crippen LogP contribution in [0.3, 0.4) is 0 Å². The number of rotatable bonds is 7. The first-order valence-corrected chi connectivity index (χ1v) is 9.09. The van der Waals surface area contributed by atoms with Gasteiger partial charge in [-0.15, -0.1) is 0 Å². The van der Waals surface area contributed by atoms with Crippen LogP contribution in [0.1, 0.15) is 31.2 Å². The number of allylic oxidation sites excluding steroid dienone is 2. The Balaban J connectivity index is 1.64. The molecule has 0 saturated carbocycles. The lowest BCUT2D eigenvalue weighted by molar-refractivity contribution is -0.136. The lowest BCUT2D eigenvalue weighted by Crippen LogP contribution is -2.19. The fourth-order valence-electron chi connectivity index (χ4n) is 3.38. The SMILES string of the molecule is O=C(O)CCc1ccc(OCC2=C(C3C=CCC3)CCOC2)cc1Cl. The van der Waals surface area contributed by atoms with Gasteiger partial charge < -0.3 is 14.6 Å². The summed E-state index contributed by atoms with van der Waals surface area (Å²) in [7, 11) is 0. The summed E-state index contributed by atoms with van der Waals surface area (Å²) in [4.78, 5) is 10.7. The molecule has 1 aliphatic heterocycles. The number of aliphatic carboxylic acids is 1. The molecular formula is C20H23ClO4. The zero-order valence-electron chi connectivity index (χ0n) is 14.2. The Morgan fingerprint density at radius 2 is 2.28 bits per heavy atom. The van der Waals surface area contributed by atoms with Crippen LogP contribution in [-0.2, 0) is 16.0 Å². The lowest BCUT2D eigenvalue weighted by Gasteiger charge is -2.24. The number of hydrogen-bond acceptors (Lipinski definition) is 3. The van der Waals surface area contributed by atoms with Crippen molar-refractivity contribution in [1.29, 1.82) is 0 Å². The van der Waals surface area contributed by atoms with Gasteiger partial charge in [-0.3, -0.25) is 4.79 Å². The molecule has 3 rings (SSSR count). The van der Waals surface area contributed by atoms with Gasteiger partial charge in [0, 0.05) is 11.4 Å². The molecule has 25 heavy (non-hydrogen) atoms. The molecule has 0 radical (unpaired) electrons. The van der Waals surface area contributed by atoms with E-state index in [-0.39, 0.29) is 6.42 Å². The van der Waals surface area contributed by atoms with E-state index in [1.54, 1.807) is 6.07 Å². The second kappa shape index (κ2) is 8.54. The van der Waals surface area contributed by atoms with Gasteiger partial charge in [-0.1, -0.05) is 35.4 Å². The van der Waals surface area contributed by atoms with Crippen molar-refractivity contribution in [1.82, 2.24) is 0 Å². The number of carboxylic acids is 1. The van der Waals surface area contributed by atoms with E-state index in [9.17, 15) is 4.79 Å². The number of carboxylic acid groups (broad SMARTS) is 1. The molecule has 5 heteroatoms. The Morgan fingerprint density at radius 1 is 1.40 bits per heavy atom. The van der Waals surface area contributed by atoms with Gasteiger partial charge in [0.15, 0.2) is 0 Å². The molecule has 1 N–H and O–H groups in total. The maximum atomic E-state index is 10.7. The minimum Gasteiger partial charge on any atom is -0.489 e. The summed E-state index contributed by atoms with van der Waals surface area (Å²) >= 11 is 6.25. The van der Waals surface area contributed by atoms with Crippen molar-refractivity contribution in [3.63, 3.8) is 0 Å². The normalized spacial score (nSPS) is 20.1. The highest BCUT2D eigenvalue weighted by Gasteiger charge is 2.22. The molecule has 1 aromatic rings. The van der Waals surface area contributed by atoms with Crippen LogP contribution >= 0.6 is 11.6 Å². The van der Waals surface area contributed by atoms with Crippen molar-refractivity contribution < 1.29 is 19.4 Å². The quantitative estimate of drug-likeness (QED) is 0.729. The van der Waals surface area contributed by atoms with E-state index < -0.39 is 5.97 Å². The fourth-order valence-corrected chi connectivity index (χ4v) is 3.65. The smallest absolute Gasteiger partial charge is 0.303 e. The van der Waals surface area contributed by atoms with Crippen molar-refractivity contribution in [2.45, 2.75) is 32.1 Å². The third-order valence-electron chi connectivity index (χ3n) is 4.75. The second-order valence-electron chi connectivity index (χ2n) is 6.48. The van der Waals surface area contributed by atoms with E-state index in [0.717, 1.165) is 25.0 Å². The predicted molar refractivity (Wildman–Crippen MR) is 97.2 cm³/mol. The molecule has 0 bridgehead atoms. The van der Waals surface area contributed by atoms with Crippen molar-refractivity contribution >= 4 is 17.6 Å². The number of hydrogen-bond donors (Lipinski definition) is 1. The van der Waals surface area contributed by atoms with Crippen LogP contribution in [-0.4, -0.2) is 30.9 Å². The first-order valence-electron chi connectivity index (χ1n) is 8.71. The Labute approximate surface area is 153 Å². The molecule has 0 spiro atoms. The maximum Gasteiger partial charge on any atom is 0.303 e. The summed E-state index contributed by atoms with van der Waals surface area (Å²) in [5.41, 5.74) is 3.52. The number of benzene rings is 1. The highest BCUT2D eigenvalue weighted by atomic mass is 35.5. The minimum atomic E-state index is -0.825. The van der Waals surface area contributed by atoms with Crippen LogP contribution in [0.15, 0.2) is 41.5 Å². The van der Waals surface area contributed by atoms with Crippen LogP contribution < -0.4 is 4.74 Å². The van der Waals surface area contributed by atoms with Gasteiger partial charge in [0.2, 0.25) is 0 Å². The highest BCUT2D eigenvalue weighted by molar-refractivity contribution is 6.31. The van der Waals surface area contributed by atoms with Gasteiger partial charge in [0.1, 0.15) is 12.4 Å². The van der Waals surface area contributed by atoms with Crippen LogP contribution in [0.2, 0.25) is 5.02 Å². The van der Waals surface area contributed by atoms with Crippen LogP contribution in [0.5, 0.6) is 5.75 Å². The summed E-state index contributed by atoms with van der Waals surface area (Å²) < 4.78 is 11.5. The third-order valence-corrected chi connectivity index (χ3v) is 5.10. The topological polar surface area (TPSA) is 55.8 Å². The molecule has 1 aromatic carbocycles. The number of aryl methyl sites for hydroxylation is 1. The molecule has 1 heterocycles. The molecule has 0 amide bonds. The number of carbonyl (C=O) groups is 1. The predicted octanol–water partition coefficient (Wildman–Crippen LogP) is 4.42. The Hall–Kier alpha value is -1.78. The maximum absolute atomic E-state index is 10.7. The zero-order chi connectivity index (χ0) is 17.6. The average molecular weight is 363 g/mol. The molecule has 1 atom stereocenters. The highest BCUT2D eigenvalue weighted by Crippen LogP contribution is 2.32. The van der Waals surface area contributed by atoms with Crippen molar-refractivity contribution in [2.24, 2.45) is 5.92 Å². The Kier molecular flexibility index (Phi) is 6.16. The molecule has 0 saturated heterocycles. The first kappa shape index (κ1) is 18.0. The van der Waals surface area contributed by atoms with Gasteiger partial charge >= 0.3 is 5.97 Å². The zero-order valence-corrected chi connectivity index (χ0v) is 14.9. The summed E-state index contributed by atoms with van der Waals surface area (Å²) in [6, 6.07) is 5.45. The largest absolute Gasteiger partial charge is 0.489 e. The van der Waals surface area contributed by atoms with Gasteiger partial charge in [-0.25, -0.2) is 0 Å². The van der Waals surface area contributed by atoms with Crippen LogP contribution in [0.4, 0.5) is 0 Å². The average Bonchev–Trinajstić information content (AvgIpc) is 3.13. The molecular weight excluding hydrogens is 340 g/mol. The summed E-state index contributed by atoms with van der Waals surface area (Å²) in [6.07, 6.45) is 8.35. The number of ether oxygens (including phenoxy) is 2.